The van der Waals surface area contributed by atoms with E-state index in [4.69, 9.17) is 5.11 Å². The standard InChI is InChI=1S/C14H9F3O3/c15-14(16,17)20-12-7-10(6-11(8-12)13(18)19)9-4-2-1-3-5-9/h1-8H,(H,18,19). The Bertz CT molecular complexity index is 621. The molecule has 2 rings (SSSR count). The van der Waals surface area contributed by atoms with Crippen molar-refractivity contribution in [1.82, 2.24) is 0 Å². The van der Waals surface area contributed by atoms with Gasteiger partial charge < -0.3 is 9.84 Å². The number of hydrogen-bond acceptors (Lipinski definition) is 2. The van der Waals surface area contributed by atoms with Gasteiger partial charge in [0.15, 0.2) is 0 Å². The Kier molecular flexibility index (Phi) is 3.65. The van der Waals surface area contributed by atoms with Crippen LogP contribution in [0.15, 0.2) is 48.5 Å². The van der Waals surface area contributed by atoms with E-state index >= 15 is 0 Å². The van der Waals surface area contributed by atoms with Crippen molar-refractivity contribution in [1.29, 1.82) is 0 Å². The lowest BCUT2D eigenvalue weighted by Crippen LogP contribution is -2.17. The van der Waals surface area contributed by atoms with Crippen LogP contribution in [0.4, 0.5) is 13.2 Å². The Morgan fingerprint density at radius 1 is 1.00 bits per heavy atom. The fourth-order valence-corrected chi connectivity index (χ4v) is 1.71. The molecule has 0 aromatic heterocycles. The van der Waals surface area contributed by atoms with E-state index < -0.39 is 18.1 Å². The number of ether oxygens (including phenoxy) is 1. The number of halogens is 3. The monoisotopic (exact) mass is 282 g/mol. The molecule has 0 heterocycles. The summed E-state index contributed by atoms with van der Waals surface area (Å²) < 4.78 is 40.5. The van der Waals surface area contributed by atoms with Gasteiger partial charge in [-0.1, -0.05) is 30.3 Å². The summed E-state index contributed by atoms with van der Waals surface area (Å²) in [5.74, 6) is -1.88. The third kappa shape index (κ3) is 3.50. The second-order valence-corrected chi connectivity index (χ2v) is 3.97. The summed E-state index contributed by atoms with van der Waals surface area (Å²) in [7, 11) is 0. The van der Waals surface area contributed by atoms with Gasteiger partial charge in [-0.15, -0.1) is 13.2 Å². The number of carboxylic acids is 1. The van der Waals surface area contributed by atoms with E-state index in [1.807, 2.05) is 0 Å². The van der Waals surface area contributed by atoms with Crippen LogP contribution in [0.25, 0.3) is 11.1 Å². The van der Waals surface area contributed by atoms with Crippen LogP contribution in [-0.4, -0.2) is 17.4 Å². The number of alkyl halides is 3. The van der Waals surface area contributed by atoms with Crippen molar-refractivity contribution in [3.63, 3.8) is 0 Å². The Labute approximate surface area is 112 Å². The Balaban J connectivity index is 2.49. The number of hydrogen-bond donors (Lipinski definition) is 1. The summed E-state index contributed by atoms with van der Waals surface area (Å²) in [4.78, 5) is 11.0. The topological polar surface area (TPSA) is 46.5 Å². The van der Waals surface area contributed by atoms with Crippen molar-refractivity contribution in [2.75, 3.05) is 0 Å². The van der Waals surface area contributed by atoms with Gasteiger partial charge in [0.2, 0.25) is 0 Å². The third-order valence-electron chi connectivity index (χ3n) is 2.49. The van der Waals surface area contributed by atoms with Crippen LogP contribution in [0.5, 0.6) is 5.75 Å². The molecule has 0 spiro atoms. The van der Waals surface area contributed by atoms with E-state index in [2.05, 4.69) is 4.74 Å². The molecule has 0 unspecified atom stereocenters. The largest absolute Gasteiger partial charge is 0.573 e. The summed E-state index contributed by atoms with van der Waals surface area (Å²) in [5.41, 5.74) is 0.665. The normalized spacial score (nSPS) is 11.2. The van der Waals surface area contributed by atoms with Gasteiger partial charge in [-0.25, -0.2) is 4.79 Å². The lowest BCUT2D eigenvalue weighted by atomic mass is 10.0. The second kappa shape index (κ2) is 5.24. The number of carbonyl (C=O) groups is 1. The molecule has 0 aliphatic heterocycles. The zero-order chi connectivity index (χ0) is 14.8. The van der Waals surface area contributed by atoms with Crippen LogP contribution in [-0.2, 0) is 0 Å². The van der Waals surface area contributed by atoms with Crippen LogP contribution in [0.3, 0.4) is 0 Å². The van der Waals surface area contributed by atoms with Crippen LogP contribution >= 0.6 is 0 Å². The van der Waals surface area contributed by atoms with Gasteiger partial charge in [-0.3, -0.25) is 0 Å². The predicted molar refractivity (Wildman–Crippen MR) is 65.5 cm³/mol. The molecule has 20 heavy (non-hydrogen) atoms. The van der Waals surface area contributed by atoms with Gasteiger partial charge in [0.25, 0.3) is 0 Å². The summed E-state index contributed by atoms with van der Waals surface area (Å²) in [6, 6.07) is 11.8. The average molecular weight is 282 g/mol. The number of rotatable bonds is 3. The maximum Gasteiger partial charge on any atom is 0.573 e. The molecule has 0 aliphatic rings. The third-order valence-corrected chi connectivity index (χ3v) is 2.49. The summed E-state index contributed by atoms with van der Waals surface area (Å²) in [6.45, 7) is 0. The van der Waals surface area contributed by atoms with Gasteiger partial charge in [0.1, 0.15) is 5.75 Å². The molecule has 2 aromatic rings. The van der Waals surface area contributed by atoms with Crippen LogP contribution in [0, 0.1) is 0 Å². The highest BCUT2D eigenvalue weighted by molar-refractivity contribution is 5.90. The minimum absolute atomic E-state index is 0.273. The molecule has 0 saturated heterocycles. The molecule has 0 atom stereocenters. The number of benzene rings is 2. The first kappa shape index (κ1) is 13.9. The van der Waals surface area contributed by atoms with E-state index in [0.29, 0.717) is 11.1 Å². The second-order valence-electron chi connectivity index (χ2n) is 3.97. The van der Waals surface area contributed by atoms with E-state index in [1.54, 1.807) is 30.3 Å². The zero-order valence-electron chi connectivity index (χ0n) is 10.0. The molecule has 2 aromatic carbocycles. The van der Waals surface area contributed by atoms with Gasteiger partial charge in [-0.2, -0.15) is 0 Å². The van der Waals surface area contributed by atoms with Crippen LogP contribution < -0.4 is 4.74 Å². The highest BCUT2D eigenvalue weighted by Crippen LogP contribution is 2.29. The number of aromatic carboxylic acids is 1. The maximum atomic E-state index is 12.2. The first-order chi connectivity index (χ1) is 9.35. The summed E-state index contributed by atoms with van der Waals surface area (Å²) in [6.07, 6.45) is -4.87. The van der Waals surface area contributed by atoms with Crippen LogP contribution in [0.2, 0.25) is 0 Å². The first-order valence-corrected chi connectivity index (χ1v) is 5.55. The van der Waals surface area contributed by atoms with E-state index in [9.17, 15) is 18.0 Å². The fourth-order valence-electron chi connectivity index (χ4n) is 1.71. The molecule has 0 bridgehead atoms. The quantitative estimate of drug-likeness (QED) is 0.927. The lowest BCUT2D eigenvalue weighted by molar-refractivity contribution is -0.274. The minimum atomic E-state index is -4.87. The van der Waals surface area contributed by atoms with E-state index in [1.165, 1.54) is 6.07 Å². The molecule has 0 fully saturated rings. The lowest BCUT2D eigenvalue weighted by Gasteiger charge is -2.11. The molecule has 0 amide bonds. The van der Waals surface area contributed by atoms with Gasteiger partial charge in [0, 0.05) is 0 Å². The predicted octanol–water partition coefficient (Wildman–Crippen LogP) is 3.95. The molecule has 104 valence electrons. The average Bonchev–Trinajstić information content (AvgIpc) is 2.37. The highest BCUT2D eigenvalue weighted by Gasteiger charge is 2.31. The molecule has 0 radical (unpaired) electrons. The first-order valence-electron chi connectivity index (χ1n) is 5.55. The van der Waals surface area contributed by atoms with Crippen molar-refractivity contribution in [2.24, 2.45) is 0 Å². The minimum Gasteiger partial charge on any atom is -0.478 e. The molecule has 0 saturated carbocycles. The SMILES string of the molecule is O=C(O)c1cc(OC(F)(F)F)cc(-c2ccccc2)c1. The van der Waals surface area contributed by atoms with Crippen molar-refractivity contribution in [3.05, 3.63) is 54.1 Å². The van der Waals surface area contributed by atoms with Crippen LogP contribution in [0.1, 0.15) is 10.4 Å². The van der Waals surface area contributed by atoms with E-state index in [-0.39, 0.29) is 5.56 Å². The molecular formula is C14H9F3O3. The van der Waals surface area contributed by atoms with Gasteiger partial charge >= 0.3 is 12.3 Å². The Morgan fingerprint density at radius 2 is 1.65 bits per heavy atom. The van der Waals surface area contributed by atoms with Crippen molar-refractivity contribution < 1.29 is 27.8 Å². The molecule has 1 N–H and O–H groups in total. The number of carboxylic acid groups (broad SMARTS) is 1. The highest BCUT2D eigenvalue weighted by atomic mass is 19.4. The molecular weight excluding hydrogens is 273 g/mol. The van der Waals surface area contributed by atoms with Gasteiger partial charge in [-0.05, 0) is 29.3 Å². The van der Waals surface area contributed by atoms with Gasteiger partial charge in [0.05, 0.1) is 5.56 Å². The maximum absolute atomic E-state index is 12.2. The molecule has 6 heteroatoms. The molecule has 0 aliphatic carbocycles. The van der Waals surface area contributed by atoms with E-state index in [0.717, 1.165) is 12.1 Å². The van der Waals surface area contributed by atoms with Crippen molar-refractivity contribution >= 4 is 5.97 Å². The Hall–Kier alpha value is -2.50. The molecule has 3 nitrogen and oxygen atoms in total. The van der Waals surface area contributed by atoms with Crippen molar-refractivity contribution in [3.8, 4) is 16.9 Å². The zero-order valence-corrected chi connectivity index (χ0v) is 10.0. The smallest absolute Gasteiger partial charge is 0.478 e. The Morgan fingerprint density at radius 3 is 2.20 bits per heavy atom. The summed E-state index contributed by atoms with van der Waals surface area (Å²) in [5, 5.41) is 8.94. The van der Waals surface area contributed by atoms with Crippen molar-refractivity contribution in [2.45, 2.75) is 6.36 Å². The fraction of sp³-hybridized carbons (Fsp3) is 0.0714. The summed E-state index contributed by atoms with van der Waals surface area (Å²) >= 11 is 0.